The van der Waals surface area contributed by atoms with Crippen LogP contribution in [0.15, 0.2) is 66.2 Å². The smallest absolute Gasteiger partial charge is 0.301 e. The van der Waals surface area contributed by atoms with Crippen LogP contribution in [0.1, 0.15) is 29.7 Å². The van der Waals surface area contributed by atoms with E-state index in [9.17, 15) is 23.5 Å². The van der Waals surface area contributed by atoms with Gasteiger partial charge in [-0.2, -0.15) is 0 Å². The van der Waals surface area contributed by atoms with Crippen molar-refractivity contribution in [3.8, 4) is 5.75 Å². The summed E-state index contributed by atoms with van der Waals surface area (Å²) < 4.78 is 33.7. The first-order valence-corrected chi connectivity index (χ1v) is 12.0. The highest BCUT2D eigenvalue weighted by Gasteiger charge is 2.48. The first-order valence-electron chi connectivity index (χ1n) is 11.2. The molecular formula is C27H18F2N2O4S. The molecule has 1 N–H and O–H groups in total. The highest BCUT2D eigenvalue weighted by molar-refractivity contribution is 7.22. The zero-order valence-electron chi connectivity index (χ0n) is 18.9. The lowest BCUT2D eigenvalue weighted by molar-refractivity contribution is -0.132. The molecule has 0 saturated carbocycles. The number of ether oxygens (including phenoxy) is 1. The van der Waals surface area contributed by atoms with Gasteiger partial charge in [-0.3, -0.25) is 14.5 Å². The highest BCUT2D eigenvalue weighted by atomic mass is 32.1. The molecule has 0 bridgehead atoms. The number of carbonyl (C=O) groups is 2. The van der Waals surface area contributed by atoms with Gasteiger partial charge in [-0.05, 0) is 66.6 Å². The minimum absolute atomic E-state index is 0.00827. The maximum atomic E-state index is 13.8. The van der Waals surface area contributed by atoms with Gasteiger partial charge in [-0.1, -0.05) is 23.5 Å². The van der Waals surface area contributed by atoms with Crippen molar-refractivity contribution in [3.05, 3.63) is 94.6 Å². The van der Waals surface area contributed by atoms with Crippen molar-refractivity contribution in [1.29, 1.82) is 0 Å². The Bertz CT molecular complexity index is 1600. The van der Waals surface area contributed by atoms with Gasteiger partial charge in [0.05, 0.1) is 21.8 Å². The second-order valence-electron chi connectivity index (χ2n) is 8.78. The standard InChI is InChI=1S/C27H18F2N2O4S/c1-13-10-16-11-15(4-9-20(16)35-13)24(32)22-23(14-2-5-17(28)6-3-14)31(26(34)25(22)33)27-30-19-8-7-18(29)12-21(19)36-27/h2-9,11-13,23,32H,10H2,1H3/t13-,23+/m1/s1. The monoisotopic (exact) mass is 504 g/mol. The molecule has 0 spiro atoms. The fraction of sp³-hybridized carbons (Fsp3) is 0.148. The van der Waals surface area contributed by atoms with Crippen LogP contribution < -0.4 is 9.64 Å². The van der Waals surface area contributed by atoms with E-state index in [1.54, 1.807) is 18.2 Å². The van der Waals surface area contributed by atoms with Gasteiger partial charge >= 0.3 is 5.91 Å². The summed E-state index contributed by atoms with van der Waals surface area (Å²) >= 11 is 1.05. The number of ketones is 1. The normalized spacial score (nSPS) is 20.7. The Morgan fingerprint density at radius 3 is 2.58 bits per heavy atom. The van der Waals surface area contributed by atoms with E-state index in [2.05, 4.69) is 4.98 Å². The third kappa shape index (κ3) is 3.54. The van der Waals surface area contributed by atoms with E-state index < -0.39 is 29.4 Å². The third-order valence-electron chi connectivity index (χ3n) is 6.34. The van der Waals surface area contributed by atoms with Crippen molar-refractivity contribution in [2.45, 2.75) is 25.5 Å². The highest BCUT2D eigenvalue weighted by Crippen LogP contribution is 2.45. The lowest BCUT2D eigenvalue weighted by Crippen LogP contribution is -2.29. The van der Waals surface area contributed by atoms with Crippen LogP contribution in [-0.2, 0) is 16.0 Å². The number of rotatable bonds is 3. The Balaban J connectivity index is 1.53. The van der Waals surface area contributed by atoms with Crippen molar-refractivity contribution in [2.75, 3.05) is 4.90 Å². The number of Topliss-reactive ketones (excluding diaryl/α,β-unsaturated/α-hetero) is 1. The number of fused-ring (bicyclic) bond motifs is 2. The van der Waals surface area contributed by atoms with E-state index >= 15 is 0 Å². The molecule has 6 nitrogen and oxygen atoms in total. The van der Waals surface area contributed by atoms with Crippen LogP contribution in [0.2, 0.25) is 0 Å². The Morgan fingerprint density at radius 1 is 1.06 bits per heavy atom. The van der Waals surface area contributed by atoms with Crippen molar-refractivity contribution < 1.29 is 28.2 Å². The van der Waals surface area contributed by atoms with Crippen molar-refractivity contribution in [2.24, 2.45) is 0 Å². The molecule has 180 valence electrons. The van der Waals surface area contributed by atoms with Crippen LogP contribution in [0.5, 0.6) is 5.75 Å². The Morgan fingerprint density at radius 2 is 1.81 bits per heavy atom. The summed E-state index contributed by atoms with van der Waals surface area (Å²) in [6, 6.07) is 13.4. The second kappa shape index (κ2) is 8.23. The minimum Gasteiger partial charge on any atom is -0.507 e. The van der Waals surface area contributed by atoms with Crippen LogP contribution in [0, 0.1) is 11.6 Å². The molecule has 1 aromatic heterocycles. The summed E-state index contributed by atoms with van der Waals surface area (Å²) in [6.45, 7) is 1.93. The maximum Gasteiger partial charge on any atom is 0.301 e. The van der Waals surface area contributed by atoms with Gasteiger partial charge in [0.1, 0.15) is 29.2 Å². The summed E-state index contributed by atoms with van der Waals surface area (Å²) in [5.74, 6) is -2.36. The number of thiazole rings is 1. The fourth-order valence-corrected chi connectivity index (χ4v) is 5.72. The number of aromatic nitrogens is 1. The number of anilines is 1. The molecule has 6 rings (SSSR count). The molecule has 2 aliphatic heterocycles. The van der Waals surface area contributed by atoms with E-state index in [4.69, 9.17) is 4.74 Å². The van der Waals surface area contributed by atoms with Crippen molar-refractivity contribution in [3.63, 3.8) is 0 Å². The predicted octanol–water partition coefficient (Wildman–Crippen LogP) is 5.52. The van der Waals surface area contributed by atoms with Crippen LogP contribution in [0.4, 0.5) is 13.9 Å². The average Bonchev–Trinajstić information content (AvgIpc) is 3.51. The molecular weight excluding hydrogens is 486 g/mol. The molecule has 0 aliphatic carbocycles. The van der Waals surface area contributed by atoms with Gasteiger partial charge in [-0.25, -0.2) is 13.8 Å². The lowest BCUT2D eigenvalue weighted by Gasteiger charge is -2.23. The van der Waals surface area contributed by atoms with E-state index in [1.807, 2.05) is 6.92 Å². The van der Waals surface area contributed by atoms with Gasteiger partial charge in [0.15, 0.2) is 5.13 Å². The van der Waals surface area contributed by atoms with Crippen LogP contribution in [-0.4, -0.2) is 27.9 Å². The SMILES string of the molecule is C[C@@H]1Cc2cc(C(O)=C3C(=O)C(=O)N(c4nc5ccc(F)cc5s4)[C@H]3c3ccc(F)cc3)ccc2O1. The summed E-state index contributed by atoms with van der Waals surface area (Å²) in [5, 5.41) is 11.5. The van der Waals surface area contributed by atoms with Gasteiger partial charge in [-0.15, -0.1) is 0 Å². The van der Waals surface area contributed by atoms with Crippen LogP contribution >= 0.6 is 11.3 Å². The molecule has 0 unspecified atom stereocenters. The number of halogens is 2. The molecule has 9 heteroatoms. The number of amides is 1. The van der Waals surface area contributed by atoms with Gasteiger partial charge in [0.25, 0.3) is 5.78 Å². The quantitative estimate of drug-likeness (QED) is 0.226. The van der Waals surface area contributed by atoms with E-state index in [-0.39, 0.29) is 22.6 Å². The number of carbonyl (C=O) groups excluding carboxylic acids is 2. The topological polar surface area (TPSA) is 79.7 Å². The largest absolute Gasteiger partial charge is 0.507 e. The number of aliphatic hydroxyl groups excluding tert-OH is 1. The van der Waals surface area contributed by atoms with Gasteiger partial charge in [0.2, 0.25) is 0 Å². The molecule has 2 atom stereocenters. The number of aliphatic hydroxyl groups is 1. The maximum absolute atomic E-state index is 13.8. The third-order valence-corrected chi connectivity index (χ3v) is 7.36. The van der Waals surface area contributed by atoms with Crippen molar-refractivity contribution in [1.82, 2.24) is 4.98 Å². The number of benzene rings is 3. The van der Waals surface area contributed by atoms with Gasteiger partial charge < -0.3 is 9.84 Å². The summed E-state index contributed by atoms with van der Waals surface area (Å²) in [4.78, 5) is 32.3. The molecule has 3 aromatic carbocycles. The molecule has 4 aromatic rings. The number of hydrogen-bond donors (Lipinski definition) is 1. The molecule has 1 saturated heterocycles. The first kappa shape index (κ1) is 22.4. The predicted molar refractivity (Wildman–Crippen MR) is 131 cm³/mol. The minimum atomic E-state index is -1.06. The first-order chi connectivity index (χ1) is 17.3. The summed E-state index contributed by atoms with van der Waals surface area (Å²) in [6.07, 6.45) is 0.639. The van der Waals surface area contributed by atoms with Crippen LogP contribution in [0.25, 0.3) is 16.0 Å². The molecule has 3 heterocycles. The Labute approximate surface area is 208 Å². The van der Waals surface area contributed by atoms with E-state index in [0.717, 1.165) is 16.9 Å². The number of nitrogens with zero attached hydrogens (tertiary/aromatic N) is 2. The fourth-order valence-electron chi connectivity index (χ4n) is 4.70. The lowest BCUT2D eigenvalue weighted by atomic mass is 9.94. The average molecular weight is 505 g/mol. The molecule has 36 heavy (non-hydrogen) atoms. The zero-order valence-corrected chi connectivity index (χ0v) is 19.7. The summed E-state index contributed by atoms with van der Waals surface area (Å²) in [5.41, 5.74) is 1.99. The Kier molecular flexibility index (Phi) is 5.11. The molecule has 0 radical (unpaired) electrons. The molecule has 2 aliphatic rings. The summed E-state index contributed by atoms with van der Waals surface area (Å²) in [7, 11) is 0. The van der Waals surface area contributed by atoms with E-state index in [1.165, 1.54) is 47.4 Å². The number of hydrogen-bond acceptors (Lipinski definition) is 6. The van der Waals surface area contributed by atoms with Crippen LogP contribution in [0.3, 0.4) is 0 Å². The molecule has 1 fully saturated rings. The molecule has 1 amide bonds. The Hall–Kier alpha value is -4.11. The zero-order chi connectivity index (χ0) is 25.1. The van der Waals surface area contributed by atoms with Gasteiger partial charge in [0, 0.05) is 12.0 Å². The second-order valence-corrected chi connectivity index (χ2v) is 9.79. The van der Waals surface area contributed by atoms with Crippen molar-refractivity contribution >= 4 is 44.1 Å². The van der Waals surface area contributed by atoms with E-state index in [0.29, 0.717) is 33.5 Å².